The minimum Gasteiger partial charge on any atom is -0.494 e. The number of thioether (sulfide) groups is 1. The summed E-state index contributed by atoms with van der Waals surface area (Å²) in [6.45, 7) is 7.70. The molecule has 2 rings (SSSR count). The molecule has 0 saturated carbocycles. The summed E-state index contributed by atoms with van der Waals surface area (Å²) in [4.78, 5) is 11.9. The Morgan fingerprint density at radius 2 is 2.04 bits per heavy atom. The fraction of sp³-hybridized carbons (Fsp3) is 0.353. The number of carbonyl (C=O) groups excluding carboxylic acids is 1. The Morgan fingerprint density at radius 3 is 2.72 bits per heavy atom. The van der Waals surface area contributed by atoms with Gasteiger partial charge in [0.2, 0.25) is 5.91 Å². The van der Waals surface area contributed by atoms with Crippen LogP contribution < -0.4 is 14.8 Å². The molecule has 0 fully saturated rings. The molecule has 0 radical (unpaired) electrons. The van der Waals surface area contributed by atoms with Crippen LogP contribution in [0.3, 0.4) is 0 Å². The number of rotatable bonds is 11. The Kier molecular flexibility index (Phi) is 7.84. The lowest BCUT2D eigenvalue weighted by atomic mass is 10.3. The molecule has 0 aliphatic rings. The van der Waals surface area contributed by atoms with Crippen LogP contribution in [0.25, 0.3) is 0 Å². The second-order valence-electron chi connectivity index (χ2n) is 4.95. The van der Waals surface area contributed by atoms with Gasteiger partial charge in [-0.1, -0.05) is 17.8 Å². The molecule has 1 N–H and O–H groups in total. The third-order valence-electron chi connectivity index (χ3n) is 3.07. The highest BCUT2D eigenvalue weighted by Gasteiger charge is 2.07. The summed E-state index contributed by atoms with van der Waals surface area (Å²) in [6, 6.07) is 7.39. The van der Waals surface area contributed by atoms with E-state index in [-0.39, 0.29) is 11.7 Å². The smallest absolute Gasteiger partial charge is 0.230 e. The van der Waals surface area contributed by atoms with Crippen molar-refractivity contribution in [2.75, 3.05) is 25.5 Å². The molecule has 0 unspecified atom stereocenters. The molecule has 8 heteroatoms. The van der Waals surface area contributed by atoms with Gasteiger partial charge in [0.25, 0.3) is 0 Å². The van der Waals surface area contributed by atoms with E-state index in [4.69, 9.17) is 9.47 Å². The molecule has 0 aliphatic carbocycles. The normalized spacial score (nSPS) is 10.3. The quantitative estimate of drug-likeness (QED) is 0.375. The van der Waals surface area contributed by atoms with Gasteiger partial charge < -0.3 is 19.4 Å². The second kappa shape index (κ2) is 10.4. The fourth-order valence-corrected chi connectivity index (χ4v) is 2.71. The van der Waals surface area contributed by atoms with Crippen LogP contribution in [-0.4, -0.2) is 46.2 Å². The first-order valence-corrected chi connectivity index (χ1v) is 8.95. The van der Waals surface area contributed by atoms with E-state index >= 15 is 0 Å². The zero-order valence-corrected chi connectivity index (χ0v) is 15.0. The van der Waals surface area contributed by atoms with E-state index < -0.39 is 0 Å². The number of allylic oxidation sites excluding steroid dienone is 1. The van der Waals surface area contributed by atoms with Crippen molar-refractivity contribution in [1.82, 2.24) is 20.1 Å². The summed E-state index contributed by atoms with van der Waals surface area (Å²) in [5.74, 6) is 1.75. The molecule has 1 heterocycles. The molecule has 7 nitrogen and oxygen atoms in total. The summed E-state index contributed by atoms with van der Waals surface area (Å²) < 4.78 is 12.8. The lowest BCUT2D eigenvalue weighted by Crippen LogP contribution is -2.29. The number of hydrogen-bond donors (Lipinski definition) is 1. The predicted octanol–water partition coefficient (Wildman–Crippen LogP) is 2.15. The minimum atomic E-state index is -0.0755. The van der Waals surface area contributed by atoms with Gasteiger partial charge in [-0.05, 0) is 31.2 Å². The highest BCUT2D eigenvalue weighted by molar-refractivity contribution is 7.99. The minimum absolute atomic E-state index is 0.0755. The third kappa shape index (κ3) is 6.50. The largest absolute Gasteiger partial charge is 0.494 e. The SMILES string of the molecule is C=CCn1cnnc1SCC(=O)NCCOc1ccc(OCC)cc1. The van der Waals surface area contributed by atoms with Crippen molar-refractivity contribution in [3.05, 3.63) is 43.2 Å². The summed E-state index contributed by atoms with van der Waals surface area (Å²) in [5, 5.41) is 11.3. The number of nitrogens with one attached hydrogen (secondary N) is 1. The van der Waals surface area contributed by atoms with Gasteiger partial charge >= 0.3 is 0 Å². The maximum atomic E-state index is 11.9. The van der Waals surface area contributed by atoms with Crippen molar-refractivity contribution < 1.29 is 14.3 Å². The average Bonchev–Trinajstić information content (AvgIpc) is 3.06. The van der Waals surface area contributed by atoms with Crippen molar-refractivity contribution in [3.63, 3.8) is 0 Å². The fourth-order valence-electron chi connectivity index (χ4n) is 1.96. The van der Waals surface area contributed by atoms with Crippen LogP contribution in [0.15, 0.2) is 48.4 Å². The highest BCUT2D eigenvalue weighted by Crippen LogP contribution is 2.17. The topological polar surface area (TPSA) is 78.3 Å². The first-order chi connectivity index (χ1) is 12.2. The molecular weight excluding hydrogens is 340 g/mol. The average molecular weight is 362 g/mol. The molecular formula is C17H22N4O3S. The number of nitrogens with zero attached hydrogens (tertiary/aromatic N) is 3. The number of hydrogen-bond acceptors (Lipinski definition) is 6. The number of amides is 1. The maximum Gasteiger partial charge on any atom is 0.230 e. The van der Waals surface area contributed by atoms with Crippen molar-refractivity contribution in [1.29, 1.82) is 0 Å². The molecule has 1 aromatic heterocycles. The van der Waals surface area contributed by atoms with Crippen LogP contribution in [0.2, 0.25) is 0 Å². The lowest BCUT2D eigenvalue weighted by molar-refractivity contribution is -0.118. The van der Waals surface area contributed by atoms with E-state index in [0.29, 0.717) is 31.5 Å². The summed E-state index contributed by atoms with van der Waals surface area (Å²) in [6.07, 6.45) is 3.37. The summed E-state index contributed by atoms with van der Waals surface area (Å²) >= 11 is 1.34. The zero-order valence-electron chi connectivity index (χ0n) is 14.2. The van der Waals surface area contributed by atoms with Gasteiger partial charge in [-0.25, -0.2) is 0 Å². The Bertz CT molecular complexity index is 673. The molecule has 0 saturated heterocycles. The predicted molar refractivity (Wildman–Crippen MR) is 97.1 cm³/mol. The van der Waals surface area contributed by atoms with Crippen molar-refractivity contribution in [2.45, 2.75) is 18.6 Å². The van der Waals surface area contributed by atoms with Crippen LogP contribution in [0.5, 0.6) is 11.5 Å². The van der Waals surface area contributed by atoms with Gasteiger partial charge in [-0.2, -0.15) is 0 Å². The third-order valence-corrected chi connectivity index (χ3v) is 4.05. The molecule has 0 atom stereocenters. The Morgan fingerprint density at radius 1 is 1.32 bits per heavy atom. The van der Waals surface area contributed by atoms with E-state index in [9.17, 15) is 4.79 Å². The molecule has 1 aromatic carbocycles. The van der Waals surface area contributed by atoms with Gasteiger partial charge in [-0.3, -0.25) is 4.79 Å². The Hall–Kier alpha value is -2.48. The summed E-state index contributed by atoms with van der Waals surface area (Å²) in [7, 11) is 0. The standard InChI is InChI=1S/C17H22N4O3S/c1-3-10-21-13-19-20-17(21)25-12-16(22)18-9-11-24-15-7-5-14(6-8-15)23-4-2/h3,5-8,13H,1,4,9-12H2,2H3,(H,18,22). The first-order valence-electron chi connectivity index (χ1n) is 7.96. The molecule has 134 valence electrons. The van der Waals surface area contributed by atoms with Crippen LogP contribution >= 0.6 is 11.8 Å². The van der Waals surface area contributed by atoms with Gasteiger partial charge in [-0.15, -0.1) is 16.8 Å². The number of ether oxygens (including phenoxy) is 2. The zero-order chi connectivity index (χ0) is 17.9. The van der Waals surface area contributed by atoms with Crippen molar-refractivity contribution >= 4 is 17.7 Å². The monoisotopic (exact) mass is 362 g/mol. The first kappa shape index (κ1) is 18.9. The van der Waals surface area contributed by atoms with E-state index in [0.717, 1.165) is 11.5 Å². The van der Waals surface area contributed by atoms with Gasteiger partial charge in [0.15, 0.2) is 5.16 Å². The molecule has 0 aliphatic heterocycles. The number of carbonyl (C=O) groups is 1. The molecule has 2 aromatic rings. The molecule has 1 amide bonds. The van der Waals surface area contributed by atoms with E-state index in [1.807, 2.05) is 35.8 Å². The Labute approximate surface area is 151 Å². The van der Waals surface area contributed by atoms with Gasteiger partial charge in [0.05, 0.1) is 18.9 Å². The maximum absolute atomic E-state index is 11.9. The van der Waals surface area contributed by atoms with E-state index in [2.05, 4.69) is 22.1 Å². The summed E-state index contributed by atoms with van der Waals surface area (Å²) in [5.41, 5.74) is 0. The van der Waals surface area contributed by atoms with Crippen LogP contribution in [0.4, 0.5) is 0 Å². The number of benzene rings is 1. The molecule has 0 spiro atoms. The molecule has 0 bridgehead atoms. The Balaban J connectivity index is 1.63. The van der Waals surface area contributed by atoms with E-state index in [1.54, 1.807) is 12.4 Å². The number of aromatic nitrogens is 3. The van der Waals surface area contributed by atoms with Gasteiger partial charge in [0.1, 0.15) is 24.4 Å². The van der Waals surface area contributed by atoms with Crippen molar-refractivity contribution in [2.24, 2.45) is 0 Å². The van der Waals surface area contributed by atoms with E-state index in [1.165, 1.54) is 11.8 Å². The van der Waals surface area contributed by atoms with Crippen LogP contribution in [-0.2, 0) is 11.3 Å². The molecule has 25 heavy (non-hydrogen) atoms. The highest BCUT2D eigenvalue weighted by atomic mass is 32.2. The second-order valence-corrected chi connectivity index (χ2v) is 5.89. The van der Waals surface area contributed by atoms with Gasteiger partial charge in [0, 0.05) is 6.54 Å². The lowest BCUT2D eigenvalue weighted by Gasteiger charge is -2.09. The van der Waals surface area contributed by atoms with Crippen molar-refractivity contribution in [3.8, 4) is 11.5 Å². The van der Waals surface area contributed by atoms with Crippen LogP contribution in [0.1, 0.15) is 6.92 Å². The van der Waals surface area contributed by atoms with Crippen LogP contribution in [0, 0.1) is 0 Å².